The quantitative estimate of drug-likeness (QED) is 0.830. The van der Waals surface area contributed by atoms with E-state index in [2.05, 4.69) is 60.9 Å². The number of hydrogen-bond acceptors (Lipinski definition) is 4. The normalized spacial score (nSPS) is 34.1. The lowest BCUT2D eigenvalue weighted by molar-refractivity contribution is -0.0794. The molecule has 1 saturated heterocycles. The fraction of sp³-hybridized carbons (Fsp3) is 0.739. The molecule has 2 bridgehead atoms. The third kappa shape index (κ3) is 3.52. The van der Waals surface area contributed by atoms with Crippen LogP contribution < -0.4 is 4.90 Å². The van der Waals surface area contributed by atoms with Gasteiger partial charge in [-0.3, -0.25) is 4.90 Å². The third-order valence-corrected chi connectivity index (χ3v) is 8.17. The van der Waals surface area contributed by atoms with Crippen molar-refractivity contribution in [2.24, 2.45) is 16.7 Å². The molecule has 4 nitrogen and oxygen atoms in total. The van der Waals surface area contributed by atoms with E-state index in [-0.39, 0.29) is 11.5 Å². The van der Waals surface area contributed by atoms with Gasteiger partial charge in [0.2, 0.25) is 0 Å². The van der Waals surface area contributed by atoms with E-state index in [1.165, 1.54) is 24.9 Å². The maximum Gasteiger partial charge on any atom is 0.0900 e. The minimum Gasteiger partial charge on any atom is -0.389 e. The Morgan fingerprint density at radius 1 is 1.11 bits per heavy atom. The fourth-order valence-corrected chi connectivity index (χ4v) is 5.79. The van der Waals surface area contributed by atoms with Gasteiger partial charge in [-0.2, -0.15) is 0 Å². The van der Waals surface area contributed by atoms with Gasteiger partial charge in [-0.25, -0.2) is 0 Å². The Hall–Kier alpha value is -1.10. The number of hydrogen-bond donors (Lipinski definition) is 1. The molecule has 1 aliphatic heterocycles. The topological polar surface area (TPSA) is 35.9 Å². The van der Waals surface area contributed by atoms with Gasteiger partial charge in [0.05, 0.1) is 18.8 Å². The number of aliphatic hydroxyl groups excluding tert-OH is 1. The zero-order valence-electron chi connectivity index (χ0n) is 17.2. The molecule has 2 saturated carbocycles. The molecule has 150 valence electrons. The molecular formula is C23H36N2O2. The van der Waals surface area contributed by atoms with Crippen LogP contribution in [0, 0.1) is 16.7 Å². The van der Waals surface area contributed by atoms with E-state index in [0.717, 1.165) is 38.6 Å². The van der Waals surface area contributed by atoms with Gasteiger partial charge in [0, 0.05) is 38.4 Å². The van der Waals surface area contributed by atoms with Gasteiger partial charge in [0.15, 0.2) is 0 Å². The molecule has 1 N–H and O–H groups in total. The highest BCUT2D eigenvalue weighted by Gasteiger charge is 2.61. The smallest absolute Gasteiger partial charge is 0.0900 e. The molecule has 1 heterocycles. The molecule has 3 aliphatic rings. The monoisotopic (exact) mass is 372 g/mol. The summed E-state index contributed by atoms with van der Waals surface area (Å²) in [5.41, 5.74) is 1.95. The average molecular weight is 373 g/mol. The molecule has 0 spiro atoms. The highest BCUT2D eigenvalue weighted by Crippen LogP contribution is 2.66. The Labute approximate surface area is 164 Å². The summed E-state index contributed by atoms with van der Waals surface area (Å²) in [6, 6.07) is 10.6. The van der Waals surface area contributed by atoms with Crippen molar-refractivity contribution in [3.8, 4) is 0 Å². The molecule has 27 heavy (non-hydrogen) atoms. The SMILES string of the molecule is CC1(C)[C@H]2CC[C@@]1(C)[C@H](OC[C@H](O)CN1CCN(c3ccccc3)CC1)C2. The van der Waals surface area contributed by atoms with Gasteiger partial charge >= 0.3 is 0 Å². The van der Waals surface area contributed by atoms with Gasteiger partial charge in [-0.1, -0.05) is 39.0 Å². The molecular weight excluding hydrogens is 336 g/mol. The highest BCUT2D eigenvalue weighted by molar-refractivity contribution is 5.46. The van der Waals surface area contributed by atoms with Crippen molar-refractivity contribution in [1.29, 1.82) is 0 Å². The van der Waals surface area contributed by atoms with Crippen LogP contribution in [0.25, 0.3) is 0 Å². The third-order valence-electron chi connectivity index (χ3n) is 8.17. The first-order valence-corrected chi connectivity index (χ1v) is 10.7. The maximum atomic E-state index is 10.5. The van der Waals surface area contributed by atoms with Gasteiger partial charge in [0.25, 0.3) is 0 Å². The first kappa shape index (κ1) is 19.2. The van der Waals surface area contributed by atoms with Crippen LogP contribution in [-0.4, -0.2) is 61.5 Å². The number of anilines is 1. The zero-order chi connectivity index (χ0) is 19.1. The molecule has 0 aromatic heterocycles. The molecule has 0 unspecified atom stereocenters. The lowest BCUT2D eigenvalue weighted by Crippen LogP contribution is -2.49. The van der Waals surface area contributed by atoms with Crippen LogP contribution in [0.3, 0.4) is 0 Å². The van der Waals surface area contributed by atoms with Gasteiger partial charge in [-0.15, -0.1) is 0 Å². The van der Waals surface area contributed by atoms with Crippen LogP contribution in [-0.2, 0) is 4.74 Å². The van der Waals surface area contributed by atoms with E-state index >= 15 is 0 Å². The second-order valence-electron chi connectivity index (χ2n) is 9.71. The lowest BCUT2D eigenvalue weighted by Gasteiger charge is -2.39. The van der Waals surface area contributed by atoms with Crippen LogP contribution >= 0.6 is 0 Å². The average Bonchev–Trinajstić information content (AvgIpc) is 3.01. The zero-order valence-corrected chi connectivity index (χ0v) is 17.2. The van der Waals surface area contributed by atoms with Crippen molar-refractivity contribution in [3.05, 3.63) is 30.3 Å². The van der Waals surface area contributed by atoms with Gasteiger partial charge < -0.3 is 14.7 Å². The summed E-state index contributed by atoms with van der Waals surface area (Å²) in [6.07, 6.45) is 3.71. The van der Waals surface area contributed by atoms with Crippen LogP contribution in [0.15, 0.2) is 30.3 Å². The summed E-state index contributed by atoms with van der Waals surface area (Å²) in [5.74, 6) is 0.788. The van der Waals surface area contributed by atoms with Crippen molar-refractivity contribution in [1.82, 2.24) is 4.90 Å². The van der Waals surface area contributed by atoms with Crippen LogP contribution in [0.2, 0.25) is 0 Å². The van der Waals surface area contributed by atoms with Gasteiger partial charge in [0.1, 0.15) is 0 Å². The van der Waals surface area contributed by atoms with Crippen molar-refractivity contribution >= 4 is 5.69 Å². The number of ether oxygens (including phenoxy) is 1. The molecule has 4 heteroatoms. The summed E-state index contributed by atoms with van der Waals surface area (Å²) >= 11 is 0. The Morgan fingerprint density at radius 2 is 1.81 bits per heavy atom. The van der Waals surface area contributed by atoms with E-state index in [9.17, 15) is 5.11 Å². The number of aliphatic hydroxyl groups is 1. The number of nitrogens with zero attached hydrogens (tertiary/aromatic N) is 2. The predicted octanol–water partition coefficient (Wildman–Crippen LogP) is 3.40. The van der Waals surface area contributed by atoms with Crippen LogP contribution in [0.5, 0.6) is 0 Å². The van der Waals surface area contributed by atoms with E-state index in [1.54, 1.807) is 0 Å². The highest BCUT2D eigenvalue weighted by atomic mass is 16.5. The van der Waals surface area contributed by atoms with Crippen LogP contribution in [0.4, 0.5) is 5.69 Å². The molecule has 1 aromatic rings. The molecule has 3 fully saturated rings. The maximum absolute atomic E-state index is 10.5. The van der Waals surface area contributed by atoms with E-state index < -0.39 is 0 Å². The Morgan fingerprint density at radius 3 is 2.41 bits per heavy atom. The van der Waals surface area contributed by atoms with E-state index in [1.807, 2.05) is 0 Å². The second kappa shape index (κ2) is 7.38. The molecule has 1 aromatic carbocycles. The van der Waals surface area contributed by atoms with Crippen molar-refractivity contribution in [3.63, 3.8) is 0 Å². The summed E-state index contributed by atoms with van der Waals surface area (Å²) in [4.78, 5) is 4.80. The first-order chi connectivity index (χ1) is 12.9. The summed E-state index contributed by atoms with van der Waals surface area (Å²) in [5, 5.41) is 10.5. The predicted molar refractivity (Wildman–Crippen MR) is 110 cm³/mol. The lowest BCUT2D eigenvalue weighted by atomic mass is 9.70. The Bertz CT molecular complexity index is 627. The number of β-amino-alcohol motifs (C(OH)–C–C–N with tert-alkyl or cyclic N) is 1. The molecule has 0 amide bonds. The van der Waals surface area contributed by atoms with Crippen molar-refractivity contribution in [2.45, 2.75) is 52.2 Å². The molecule has 4 atom stereocenters. The number of fused-ring (bicyclic) bond motifs is 2. The largest absolute Gasteiger partial charge is 0.389 e. The number of rotatable bonds is 6. The second-order valence-corrected chi connectivity index (χ2v) is 9.71. The minimum absolute atomic E-state index is 0.276. The first-order valence-electron chi connectivity index (χ1n) is 10.7. The summed E-state index contributed by atoms with van der Waals surface area (Å²) < 4.78 is 6.28. The summed E-state index contributed by atoms with van der Waals surface area (Å²) in [7, 11) is 0. The minimum atomic E-state index is -0.390. The molecule has 4 rings (SSSR count). The van der Waals surface area contributed by atoms with E-state index in [4.69, 9.17) is 4.74 Å². The standard InChI is InChI=1S/C23H36N2O2/c1-22(2)18-9-10-23(22,3)21(15-18)27-17-20(26)16-24-11-13-25(14-12-24)19-7-5-4-6-8-19/h4-8,18,20-21,26H,9-17H2,1-3H3/t18-,20+,21+,23-/m0/s1. The number of benzene rings is 1. The Kier molecular flexibility index (Phi) is 5.26. The summed E-state index contributed by atoms with van der Waals surface area (Å²) in [6.45, 7) is 12.5. The van der Waals surface area contributed by atoms with Crippen molar-refractivity contribution in [2.75, 3.05) is 44.2 Å². The Balaban J connectivity index is 1.21. The molecule has 2 aliphatic carbocycles. The fourth-order valence-electron chi connectivity index (χ4n) is 5.79. The number of piperazine rings is 1. The molecule has 0 radical (unpaired) electrons. The van der Waals surface area contributed by atoms with Crippen molar-refractivity contribution < 1.29 is 9.84 Å². The van der Waals surface area contributed by atoms with Gasteiger partial charge in [-0.05, 0) is 48.1 Å². The number of para-hydroxylation sites is 1. The van der Waals surface area contributed by atoms with E-state index in [0.29, 0.717) is 18.1 Å². The van der Waals surface area contributed by atoms with Crippen LogP contribution in [0.1, 0.15) is 40.0 Å².